The van der Waals surface area contributed by atoms with Gasteiger partial charge in [-0.05, 0) is 110 Å². The van der Waals surface area contributed by atoms with Crippen molar-refractivity contribution in [2.75, 3.05) is 0 Å². The van der Waals surface area contributed by atoms with Crippen LogP contribution in [-0.4, -0.2) is 22.3 Å². The third-order valence-electron chi connectivity index (χ3n) is 13.0. The lowest BCUT2D eigenvalue weighted by Crippen LogP contribution is -2.64. The second-order valence-electron chi connectivity index (χ2n) is 13.6. The third-order valence-corrected chi connectivity index (χ3v) is 13.0. The predicted octanol–water partition coefficient (Wildman–Crippen LogP) is 6.70. The third kappa shape index (κ3) is 2.61. The van der Waals surface area contributed by atoms with Gasteiger partial charge in [-0.1, -0.05) is 53.2 Å². The molecule has 0 aromatic rings. The summed E-state index contributed by atoms with van der Waals surface area (Å²) >= 11 is 0. The molecule has 4 fully saturated rings. The Morgan fingerprint density at radius 1 is 0.938 bits per heavy atom. The van der Waals surface area contributed by atoms with Crippen molar-refractivity contribution in [3.63, 3.8) is 0 Å². The number of hydrogen-bond donors (Lipinski definition) is 2. The Morgan fingerprint density at radius 3 is 2.34 bits per heavy atom. The molecule has 5 aliphatic carbocycles. The fourth-order valence-corrected chi connectivity index (χ4v) is 10.5. The first kappa shape index (κ1) is 22.9. The van der Waals surface area contributed by atoms with E-state index in [-0.39, 0.29) is 28.3 Å². The molecule has 0 spiro atoms. The van der Waals surface area contributed by atoms with Crippen molar-refractivity contribution in [2.45, 2.75) is 105 Å². The Balaban J connectivity index is 1.60. The maximum Gasteiger partial charge on any atom is 0.310 e. The maximum absolute atomic E-state index is 12.8. The Bertz CT molecular complexity index is 832. The van der Waals surface area contributed by atoms with Gasteiger partial charge in [0.1, 0.15) is 0 Å². The smallest absolute Gasteiger partial charge is 0.310 e. The lowest BCUT2D eigenvalue weighted by molar-refractivity contribution is -0.189. The number of hydrogen-bond acceptors (Lipinski definition) is 2. The van der Waals surface area contributed by atoms with Crippen LogP contribution < -0.4 is 0 Å². The minimum atomic E-state index is -0.551. The Morgan fingerprint density at radius 2 is 1.66 bits per heavy atom. The molecule has 32 heavy (non-hydrogen) atoms. The van der Waals surface area contributed by atoms with Gasteiger partial charge in [-0.2, -0.15) is 0 Å². The van der Waals surface area contributed by atoms with E-state index in [9.17, 15) is 15.0 Å². The van der Waals surface area contributed by atoms with Gasteiger partial charge < -0.3 is 10.2 Å². The molecule has 0 aromatic carbocycles. The summed E-state index contributed by atoms with van der Waals surface area (Å²) in [4.78, 5) is 12.8. The van der Waals surface area contributed by atoms with Crippen LogP contribution in [0.2, 0.25) is 0 Å². The molecule has 4 saturated carbocycles. The normalized spacial score (nSPS) is 57.3. The molecule has 11 atom stereocenters. The molecule has 3 nitrogen and oxygen atoms in total. The zero-order valence-corrected chi connectivity index (χ0v) is 21.3. The average molecular weight is 443 g/mol. The molecule has 4 unspecified atom stereocenters. The topological polar surface area (TPSA) is 57.5 Å². The minimum absolute atomic E-state index is 0.0954. The first-order chi connectivity index (χ1) is 14.9. The van der Waals surface area contributed by atoms with Gasteiger partial charge in [0.2, 0.25) is 0 Å². The maximum atomic E-state index is 12.8. The van der Waals surface area contributed by atoms with Crippen molar-refractivity contribution in [1.29, 1.82) is 0 Å². The molecule has 0 heterocycles. The Hall–Kier alpha value is -0.830. The number of aliphatic hydroxyl groups is 1. The van der Waals surface area contributed by atoms with Gasteiger partial charge >= 0.3 is 5.97 Å². The number of rotatable bonds is 1. The van der Waals surface area contributed by atoms with Crippen molar-refractivity contribution in [3.05, 3.63) is 11.6 Å². The highest BCUT2D eigenvalue weighted by atomic mass is 16.4. The fraction of sp³-hybridized carbons (Fsp3) is 0.897. The predicted molar refractivity (Wildman–Crippen MR) is 128 cm³/mol. The number of carboxylic acid groups (broad SMARTS) is 1. The van der Waals surface area contributed by atoms with Crippen LogP contribution in [0.3, 0.4) is 0 Å². The lowest BCUT2D eigenvalue weighted by Gasteiger charge is -2.70. The standard InChI is InChI=1S/C29H46O3/c1-17-9-14-29(25(31)32)16-15-27(5)21(24(29)18(17)2)7-8-23-26(4)12-11-22(30)19(3)20(26)10-13-28(23,27)6/h7,17-20,22-24,30H,8-16H2,1-6H3,(H,31,32)/t17-,18+,19-,20?,22?,23?,24?,26+,27-,28-,29+/m1/s1. The van der Waals surface area contributed by atoms with Gasteiger partial charge in [-0.15, -0.1) is 0 Å². The molecule has 0 radical (unpaired) electrons. The summed E-state index contributed by atoms with van der Waals surface area (Å²) in [5.41, 5.74) is 1.57. The van der Waals surface area contributed by atoms with Crippen molar-refractivity contribution in [3.8, 4) is 0 Å². The van der Waals surface area contributed by atoms with Crippen molar-refractivity contribution >= 4 is 5.97 Å². The van der Waals surface area contributed by atoms with Gasteiger partial charge in [0.25, 0.3) is 0 Å². The summed E-state index contributed by atoms with van der Waals surface area (Å²) < 4.78 is 0. The van der Waals surface area contributed by atoms with Crippen molar-refractivity contribution in [2.24, 2.45) is 57.2 Å². The molecule has 5 rings (SSSR count). The second kappa shape index (κ2) is 7.09. The molecule has 2 N–H and O–H groups in total. The summed E-state index contributed by atoms with van der Waals surface area (Å²) in [6, 6.07) is 0. The van der Waals surface area contributed by atoms with E-state index >= 15 is 0 Å². The molecule has 0 amide bonds. The second-order valence-corrected chi connectivity index (χ2v) is 13.6. The number of fused-ring (bicyclic) bond motifs is 7. The van der Waals surface area contributed by atoms with E-state index in [1.54, 1.807) is 0 Å². The number of carboxylic acids is 1. The zero-order chi connectivity index (χ0) is 23.3. The van der Waals surface area contributed by atoms with Crippen LogP contribution in [0.5, 0.6) is 0 Å². The van der Waals surface area contributed by atoms with Gasteiger partial charge in [-0.25, -0.2) is 0 Å². The van der Waals surface area contributed by atoms with E-state index in [1.165, 1.54) is 18.4 Å². The average Bonchev–Trinajstić information content (AvgIpc) is 2.74. The highest BCUT2D eigenvalue weighted by Crippen LogP contribution is 2.74. The lowest BCUT2D eigenvalue weighted by atomic mass is 9.34. The molecule has 0 saturated heterocycles. The Labute approximate surface area is 195 Å². The first-order valence-electron chi connectivity index (χ1n) is 13.5. The molecule has 180 valence electrons. The molecule has 0 aliphatic heterocycles. The SMILES string of the molecule is C[C@H]1C(O)CC[C@@]2(C)C1CC[C@]1(C)C2CC=C2C3[C@@H](C)[C@H](C)CC[C@]3(C(=O)O)CC[C@]21C. The number of carbonyl (C=O) groups is 1. The Kier molecular flexibility index (Phi) is 5.08. The zero-order valence-electron chi connectivity index (χ0n) is 21.3. The van der Waals surface area contributed by atoms with E-state index in [1.807, 2.05) is 0 Å². The van der Waals surface area contributed by atoms with Crippen LogP contribution in [0, 0.1) is 57.2 Å². The summed E-state index contributed by atoms with van der Waals surface area (Å²) in [5.74, 6) is 2.31. The largest absolute Gasteiger partial charge is 0.481 e. The molecular formula is C29H46O3. The quantitative estimate of drug-likeness (QED) is 0.444. The number of aliphatic hydroxyl groups excluding tert-OH is 1. The van der Waals surface area contributed by atoms with Crippen molar-refractivity contribution < 1.29 is 15.0 Å². The van der Waals surface area contributed by atoms with E-state index in [4.69, 9.17) is 0 Å². The summed E-state index contributed by atoms with van der Waals surface area (Å²) in [7, 11) is 0. The number of aliphatic carboxylic acids is 1. The van der Waals surface area contributed by atoms with E-state index in [0.717, 1.165) is 44.9 Å². The molecule has 0 aromatic heterocycles. The molecular weight excluding hydrogens is 396 g/mol. The van der Waals surface area contributed by atoms with Gasteiger partial charge in [-0.3, -0.25) is 4.79 Å². The first-order valence-corrected chi connectivity index (χ1v) is 13.5. The van der Waals surface area contributed by atoms with Crippen LogP contribution in [0.1, 0.15) is 99.3 Å². The van der Waals surface area contributed by atoms with Gasteiger partial charge in [0, 0.05) is 0 Å². The molecule has 0 bridgehead atoms. The molecule has 5 aliphatic rings. The number of allylic oxidation sites excluding steroid dienone is 2. The van der Waals surface area contributed by atoms with Gasteiger partial charge in [0.15, 0.2) is 0 Å². The van der Waals surface area contributed by atoms with Crippen molar-refractivity contribution in [1.82, 2.24) is 0 Å². The highest BCUT2D eigenvalue weighted by molar-refractivity contribution is 5.76. The van der Waals surface area contributed by atoms with E-state index < -0.39 is 11.4 Å². The monoisotopic (exact) mass is 442 g/mol. The van der Waals surface area contributed by atoms with Crippen LogP contribution in [0.15, 0.2) is 11.6 Å². The van der Waals surface area contributed by atoms with Crippen LogP contribution in [-0.2, 0) is 4.79 Å². The highest BCUT2D eigenvalue weighted by Gasteiger charge is 2.68. The van der Waals surface area contributed by atoms with E-state index in [2.05, 4.69) is 47.6 Å². The summed E-state index contributed by atoms with van der Waals surface area (Å²) in [6.45, 7) is 14.6. The van der Waals surface area contributed by atoms with Gasteiger partial charge in [0.05, 0.1) is 11.5 Å². The van der Waals surface area contributed by atoms with Crippen LogP contribution in [0.4, 0.5) is 0 Å². The van der Waals surface area contributed by atoms with Crippen LogP contribution >= 0.6 is 0 Å². The van der Waals surface area contributed by atoms with E-state index in [0.29, 0.717) is 29.6 Å². The molecule has 3 heteroatoms. The summed E-state index contributed by atoms with van der Waals surface area (Å²) in [5, 5.41) is 21.1. The minimum Gasteiger partial charge on any atom is -0.481 e. The fourth-order valence-electron chi connectivity index (χ4n) is 10.5. The van der Waals surface area contributed by atoms with Crippen LogP contribution in [0.25, 0.3) is 0 Å². The summed E-state index contributed by atoms with van der Waals surface area (Å²) in [6.07, 6.45) is 11.8.